The zero-order valence-corrected chi connectivity index (χ0v) is 14.7. The van der Waals surface area contributed by atoms with Gasteiger partial charge in [0.1, 0.15) is 5.82 Å². The highest BCUT2D eigenvalue weighted by molar-refractivity contribution is 9.10. The molecule has 1 N–H and O–H groups in total. The number of halogens is 2. The molecule has 1 atom stereocenters. The minimum Gasteiger partial charge on any atom is -0.277 e. The highest BCUT2D eigenvalue weighted by Gasteiger charge is 2.16. The van der Waals surface area contributed by atoms with Crippen LogP contribution in [0, 0.1) is 5.82 Å². The van der Waals surface area contributed by atoms with E-state index in [0.29, 0.717) is 10.4 Å². The van der Waals surface area contributed by atoms with Gasteiger partial charge in [0.05, 0.1) is 10.6 Å². The predicted octanol–water partition coefficient (Wildman–Crippen LogP) is 4.90. The quantitative estimate of drug-likeness (QED) is 0.794. The molecular formula is C16H17BrFNO2S. The Labute approximate surface area is 138 Å². The van der Waals surface area contributed by atoms with Gasteiger partial charge >= 0.3 is 0 Å². The van der Waals surface area contributed by atoms with Crippen molar-refractivity contribution in [2.75, 3.05) is 4.72 Å². The first-order valence-electron chi connectivity index (χ1n) is 6.91. The number of benzene rings is 2. The van der Waals surface area contributed by atoms with Crippen molar-refractivity contribution in [3.8, 4) is 0 Å². The third-order valence-electron chi connectivity index (χ3n) is 3.55. The molecule has 6 heteroatoms. The van der Waals surface area contributed by atoms with Gasteiger partial charge in [-0.15, -0.1) is 0 Å². The summed E-state index contributed by atoms with van der Waals surface area (Å²) in [7, 11) is -3.80. The summed E-state index contributed by atoms with van der Waals surface area (Å²) in [5, 5.41) is 0. The Balaban J connectivity index is 2.26. The van der Waals surface area contributed by atoms with E-state index in [-0.39, 0.29) is 10.6 Å². The lowest BCUT2D eigenvalue weighted by Gasteiger charge is -2.12. The van der Waals surface area contributed by atoms with Crippen molar-refractivity contribution in [2.45, 2.75) is 31.1 Å². The molecule has 0 aromatic heterocycles. The minimum absolute atomic E-state index is 0.0748. The average Bonchev–Trinajstić information content (AvgIpc) is 2.49. The number of rotatable bonds is 5. The fourth-order valence-corrected chi connectivity index (χ4v) is 3.39. The van der Waals surface area contributed by atoms with Crippen LogP contribution in [-0.4, -0.2) is 8.42 Å². The van der Waals surface area contributed by atoms with E-state index in [4.69, 9.17) is 0 Å². The van der Waals surface area contributed by atoms with Gasteiger partial charge in [-0.1, -0.05) is 41.9 Å². The first kappa shape index (κ1) is 17.0. The zero-order valence-electron chi connectivity index (χ0n) is 12.3. The minimum atomic E-state index is -3.80. The highest BCUT2D eigenvalue weighted by Crippen LogP contribution is 2.24. The van der Waals surface area contributed by atoms with Gasteiger partial charge < -0.3 is 0 Å². The number of anilines is 1. The predicted molar refractivity (Wildman–Crippen MR) is 90.1 cm³/mol. The second-order valence-electron chi connectivity index (χ2n) is 5.11. The van der Waals surface area contributed by atoms with Gasteiger partial charge in [-0.05, 0) is 48.2 Å². The van der Waals surface area contributed by atoms with E-state index in [2.05, 4.69) is 34.5 Å². The maximum Gasteiger partial charge on any atom is 0.261 e. The van der Waals surface area contributed by atoms with Gasteiger partial charge in [-0.2, -0.15) is 0 Å². The van der Waals surface area contributed by atoms with Crippen molar-refractivity contribution in [1.82, 2.24) is 0 Å². The van der Waals surface area contributed by atoms with Crippen LogP contribution in [0.15, 0.2) is 51.8 Å². The number of sulfonamides is 1. The number of hydrogen-bond acceptors (Lipinski definition) is 2. The second kappa shape index (κ2) is 6.79. The standard InChI is InChI=1S/C16H17BrFNO2S/c1-3-11(2)12-4-7-14(8-5-12)22(20,21)19-16-9-6-13(17)10-15(16)18/h4-11,19H,3H2,1-2H3. The molecular weight excluding hydrogens is 369 g/mol. The van der Waals surface area contributed by atoms with E-state index in [1.54, 1.807) is 30.3 Å². The summed E-state index contributed by atoms with van der Waals surface area (Å²) >= 11 is 3.13. The zero-order chi connectivity index (χ0) is 16.3. The summed E-state index contributed by atoms with van der Waals surface area (Å²) in [5.41, 5.74) is 1.01. The topological polar surface area (TPSA) is 46.2 Å². The molecule has 2 rings (SSSR count). The molecule has 0 saturated carbocycles. The van der Waals surface area contributed by atoms with Crippen molar-refractivity contribution < 1.29 is 12.8 Å². The van der Waals surface area contributed by atoms with Gasteiger partial charge in [-0.25, -0.2) is 12.8 Å². The molecule has 0 amide bonds. The Morgan fingerprint density at radius 3 is 2.36 bits per heavy atom. The molecule has 3 nitrogen and oxygen atoms in total. The molecule has 0 bridgehead atoms. The maximum absolute atomic E-state index is 13.8. The summed E-state index contributed by atoms with van der Waals surface area (Å²) in [6, 6.07) is 10.8. The van der Waals surface area contributed by atoms with Crippen LogP contribution in [0.1, 0.15) is 31.7 Å². The van der Waals surface area contributed by atoms with Crippen LogP contribution < -0.4 is 4.72 Å². The largest absolute Gasteiger partial charge is 0.277 e. The first-order valence-corrected chi connectivity index (χ1v) is 9.19. The van der Waals surface area contributed by atoms with Crippen LogP contribution in [-0.2, 0) is 10.0 Å². The molecule has 0 radical (unpaired) electrons. The van der Waals surface area contributed by atoms with E-state index in [0.717, 1.165) is 12.0 Å². The average molecular weight is 386 g/mol. The van der Waals surface area contributed by atoms with Gasteiger partial charge in [0.25, 0.3) is 10.0 Å². The normalized spacial score (nSPS) is 12.9. The molecule has 0 aliphatic heterocycles. The van der Waals surface area contributed by atoms with Crippen molar-refractivity contribution >= 4 is 31.6 Å². The number of hydrogen-bond donors (Lipinski definition) is 1. The van der Waals surface area contributed by atoms with Crippen molar-refractivity contribution in [2.24, 2.45) is 0 Å². The maximum atomic E-state index is 13.8. The number of nitrogens with one attached hydrogen (secondary N) is 1. The van der Waals surface area contributed by atoms with Crippen LogP contribution in [0.5, 0.6) is 0 Å². The van der Waals surface area contributed by atoms with Crippen LogP contribution in [0.4, 0.5) is 10.1 Å². The van der Waals surface area contributed by atoms with Gasteiger partial charge in [0, 0.05) is 4.47 Å². The van der Waals surface area contributed by atoms with Crippen LogP contribution >= 0.6 is 15.9 Å². The Morgan fingerprint density at radius 2 is 1.82 bits per heavy atom. The molecule has 2 aromatic carbocycles. The second-order valence-corrected chi connectivity index (χ2v) is 7.71. The van der Waals surface area contributed by atoms with Crippen LogP contribution in [0.3, 0.4) is 0 Å². The summed E-state index contributed by atoms with van der Waals surface area (Å²) < 4.78 is 41.2. The fraction of sp³-hybridized carbons (Fsp3) is 0.250. The molecule has 2 aromatic rings. The van der Waals surface area contributed by atoms with E-state index in [1.807, 2.05) is 0 Å². The third kappa shape index (κ3) is 3.87. The van der Waals surface area contributed by atoms with Gasteiger partial charge in [-0.3, -0.25) is 4.72 Å². The summed E-state index contributed by atoms with van der Waals surface area (Å²) in [6.45, 7) is 4.16. The van der Waals surface area contributed by atoms with E-state index >= 15 is 0 Å². The Morgan fingerprint density at radius 1 is 1.18 bits per heavy atom. The molecule has 22 heavy (non-hydrogen) atoms. The first-order chi connectivity index (χ1) is 10.3. The van der Waals surface area contributed by atoms with E-state index in [1.165, 1.54) is 12.1 Å². The lowest BCUT2D eigenvalue weighted by atomic mass is 9.99. The Bertz CT molecular complexity index is 760. The van der Waals surface area contributed by atoms with Gasteiger partial charge in [0.15, 0.2) is 0 Å². The lowest BCUT2D eigenvalue weighted by Crippen LogP contribution is -2.14. The van der Waals surface area contributed by atoms with E-state index < -0.39 is 15.8 Å². The van der Waals surface area contributed by atoms with Crippen molar-refractivity contribution in [3.63, 3.8) is 0 Å². The van der Waals surface area contributed by atoms with Crippen LogP contribution in [0.2, 0.25) is 0 Å². The highest BCUT2D eigenvalue weighted by atomic mass is 79.9. The summed E-state index contributed by atoms with van der Waals surface area (Å²) in [5.74, 6) is -0.261. The molecule has 0 fully saturated rings. The molecule has 1 unspecified atom stereocenters. The third-order valence-corrected chi connectivity index (χ3v) is 5.42. The fourth-order valence-electron chi connectivity index (χ4n) is 1.99. The SMILES string of the molecule is CCC(C)c1ccc(S(=O)(=O)Nc2ccc(Br)cc2F)cc1. The molecule has 0 aliphatic rings. The van der Waals surface area contributed by atoms with Gasteiger partial charge in [0.2, 0.25) is 0 Å². The molecule has 118 valence electrons. The molecule has 0 spiro atoms. The molecule has 0 heterocycles. The smallest absolute Gasteiger partial charge is 0.261 e. The van der Waals surface area contributed by atoms with Crippen molar-refractivity contribution in [3.05, 3.63) is 58.3 Å². The monoisotopic (exact) mass is 385 g/mol. The summed E-state index contributed by atoms with van der Waals surface area (Å²) in [4.78, 5) is 0.113. The Kier molecular flexibility index (Phi) is 5.24. The molecule has 0 saturated heterocycles. The summed E-state index contributed by atoms with van der Waals surface area (Å²) in [6.07, 6.45) is 0.981. The van der Waals surface area contributed by atoms with Crippen molar-refractivity contribution in [1.29, 1.82) is 0 Å². The Hall–Kier alpha value is -1.40. The lowest BCUT2D eigenvalue weighted by molar-refractivity contribution is 0.598. The molecule has 0 aliphatic carbocycles. The van der Waals surface area contributed by atoms with E-state index in [9.17, 15) is 12.8 Å². The van der Waals surface area contributed by atoms with Crippen LogP contribution in [0.25, 0.3) is 0 Å².